The molecule has 0 aliphatic heterocycles. The number of aromatic nitrogens is 3. The molecule has 0 spiro atoms. The lowest BCUT2D eigenvalue weighted by atomic mass is 10.1. The van der Waals surface area contributed by atoms with Crippen molar-refractivity contribution in [1.29, 1.82) is 0 Å². The van der Waals surface area contributed by atoms with E-state index in [0.717, 1.165) is 0 Å². The number of nitrogens with one attached hydrogen (secondary N) is 1. The smallest absolute Gasteiger partial charge is 0.182 e. The highest BCUT2D eigenvalue weighted by Gasteiger charge is 2.25. The predicted molar refractivity (Wildman–Crippen MR) is 47.1 cm³/mol. The topological polar surface area (TPSA) is 71.0 Å². The Bertz CT molecular complexity index is 281. The third-order valence-electron chi connectivity index (χ3n) is 1.95. The van der Waals surface area contributed by atoms with Crippen LogP contribution in [-0.4, -0.2) is 27.4 Å². The standard InChI is InChI=1S/C8H15N3O2/c1-5(12)6-9-7(11-10-6)8(2,3)13-4/h5,12H,1-4H3,(H,9,10,11). The molecule has 1 atom stereocenters. The van der Waals surface area contributed by atoms with Gasteiger partial charge in [0.15, 0.2) is 11.6 Å². The largest absolute Gasteiger partial charge is 0.385 e. The SMILES string of the molecule is COC(C)(C)c1n[nH]c(C(C)O)n1. The maximum atomic E-state index is 9.20. The van der Waals surface area contributed by atoms with Crippen LogP contribution in [0, 0.1) is 0 Å². The van der Waals surface area contributed by atoms with Gasteiger partial charge in [-0.2, -0.15) is 5.10 Å². The molecule has 0 amide bonds. The van der Waals surface area contributed by atoms with Gasteiger partial charge in [-0.1, -0.05) is 0 Å². The number of aliphatic hydroxyl groups is 1. The van der Waals surface area contributed by atoms with Gasteiger partial charge in [-0.25, -0.2) is 4.98 Å². The van der Waals surface area contributed by atoms with Crippen LogP contribution in [0.5, 0.6) is 0 Å². The Hall–Kier alpha value is -0.940. The summed E-state index contributed by atoms with van der Waals surface area (Å²) < 4.78 is 5.19. The fourth-order valence-electron chi connectivity index (χ4n) is 0.822. The molecule has 74 valence electrons. The molecular weight excluding hydrogens is 170 g/mol. The Morgan fingerprint density at radius 1 is 1.54 bits per heavy atom. The van der Waals surface area contributed by atoms with Crippen LogP contribution in [-0.2, 0) is 10.3 Å². The number of methoxy groups -OCH3 is 1. The number of aliphatic hydroxyl groups excluding tert-OH is 1. The van der Waals surface area contributed by atoms with Gasteiger partial charge in [-0.3, -0.25) is 5.10 Å². The number of nitrogens with zero attached hydrogens (tertiary/aromatic N) is 2. The average Bonchev–Trinajstić information content (AvgIpc) is 2.52. The van der Waals surface area contributed by atoms with Gasteiger partial charge in [0.05, 0.1) is 0 Å². The van der Waals surface area contributed by atoms with Gasteiger partial charge in [0.2, 0.25) is 0 Å². The van der Waals surface area contributed by atoms with Gasteiger partial charge in [-0.15, -0.1) is 0 Å². The Balaban J connectivity index is 2.91. The highest BCUT2D eigenvalue weighted by atomic mass is 16.5. The maximum absolute atomic E-state index is 9.20. The average molecular weight is 185 g/mol. The third kappa shape index (κ3) is 2.05. The molecule has 13 heavy (non-hydrogen) atoms. The molecule has 2 N–H and O–H groups in total. The molecule has 0 aliphatic carbocycles. The third-order valence-corrected chi connectivity index (χ3v) is 1.95. The molecule has 1 aromatic rings. The van der Waals surface area contributed by atoms with Crippen LogP contribution in [0.3, 0.4) is 0 Å². The summed E-state index contributed by atoms with van der Waals surface area (Å²) in [5, 5.41) is 15.8. The first-order valence-electron chi connectivity index (χ1n) is 4.13. The fourth-order valence-corrected chi connectivity index (χ4v) is 0.822. The number of ether oxygens (including phenoxy) is 1. The summed E-state index contributed by atoms with van der Waals surface area (Å²) >= 11 is 0. The van der Waals surface area contributed by atoms with Crippen LogP contribution in [0.15, 0.2) is 0 Å². The van der Waals surface area contributed by atoms with E-state index in [2.05, 4.69) is 15.2 Å². The molecule has 1 rings (SSSR count). The molecule has 0 saturated carbocycles. The minimum Gasteiger partial charge on any atom is -0.385 e. The van der Waals surface area contributed by atoms with Crippen molar-refractivity contribution >= 4 is 0 Å². The van der Waals surface area contributed by atoms with E-state index in [1.807, 2.05) is 13.8 Å². The Labute approximate surface area is 77.1 Å². The quantitative estimate of drug-likeness (QED) is 0.728. The molecule has 1 aromatic heterocycles. The second-order valence-electron chi connectivity index (χ2n) is 3.43. The second kappa shape index (κ2) is 3.43. The van der Waals surface area contributed by atoms with Crippen molar-refractivity contribution in [3.8, 4) is 0 Å². The van der Waals surface area contributed by atoms with E-state index in [4.69, 9.17) is 4.74 Å². The predicted octanol–water partition coefficient (Wildman–Crippen LogP) is 0.739. The van der Waals surface area contributed by atoms with Crippen LogP contribution in [0.25, 0.3) is 0 Å². The van der Waals surface area contributed by atoms with Crippen molar-refractivity contribution < 1.29 is 9.84 Å². The maximum Gasteiger partial charge on any atom is 0.182 e. The summed E-state index contributed by atoms with van der Waals surface area (Å²) in [6.07, 6.45) is -0.631. The number of rotatable bonds is 3. The van der Waals surface area contributed by atoms with Gasteiger partial charge in [0, 0.05) is 7.11 Å². The Kier molecular flexibility index (Phi) is 2.68. The van der Waals surface area contributed by atoms with Crippen LogP contribution < -0.4 is 0 Å². The number of hydrogen-bond donors (Lipinski definition) is 2. The van der Waals surface area contributed by atoms with E-state index in [1.165, 1.54) is 0 Å². The first-order valence-corrected chi connectivity index (χ1v) is 4.13. The Morgan fingerprint density at radius 3 is 2.54 bits per heavy atom. The molecular formula is C8H15N3O2. The minimum absolute atomic E-state index is 0.458. The number of aromatic amines is 1. The van der Waals surface area contributed by atoms with E-state index in [-0.39, 0.29) is 0 Å². The van der Waals surface area contributed by atoms with Gasteiger partial charge < -0.3 is 9.84 Å². The van der Waals surface area contributed by atoms with Crippen molar-refractivity contribution in [3.63, 3.8) is 0 Å². The van der Waals surface area contributed by atoms with Crippen molar-refractivity contribution in [1.82, 2.24) is 15.2 Å². The van der Waals surface area contributed by atoms with Crippen molar-refractivity contribution in [2.24, 2.45) is 0 Å². The van der Waals surface area contributed by atoms with Crippen molar-refractivity contribution in [2.75, 3.05) is 7.11 Å². The molecule has 0 radical (unpaired) electrons. The molecule has 0 bridgehead atoms. The van der Waals surface area contributed by atoms with Crippen LogP contribution >= 0.6 is 0 Å². The fraction of sp³-hybridized carbons (Fsp3) is 0.750. The molecule has 0 aliphatic rings. The summed E-state index contributed by atoms with van der Waals surface area (Å²) in [5.74, 6) is 1.01. The lowest BCUT2D eigenvalue weighted by molar-refractivity contribution is 0.0116. The van der Waals surface area contributed by atoms with Gasteiger partial charge in [0.1, 0.15) is 11.7 Å². The van der Waals surface area contributed by atoms with Crippen LogP contribution in [0.1, 0.15) is 38.5 Å². The zero-order valence-electron chi connectivity index (χ0n) is 8.33. The molecule has 1 unspecified atom stereocenters. The molecule has 1 heterocycles. The summed E-state index contributed by atoms with van der Waals surface area (Å²) in [7, 11) is 1.60. The summed E-state index contributed by atoms with van der Waals surface area (Å²) in [5.41, 5.74) is -0.524. The zero-order chi connectivity index (χ0) is 10.1. The summed E-state index contributed by atoms with van der Waals surface area (Å²) in [6.45, 7) is 5.36. The zero-order valence-corrected chi connectivity index (χ0v) is 8.33. The monoisotopic (exact) mass is 185 g/mol. The summed E-state index contributed by atoms with van der Waals surface area (Å²) in [4.78, 5) is 4.11. The Morgan fingerprint density at radius 2 is 2.15 bits per heavy atom. The van der Waals surface area contributed by atoms with E-state index < -0.39 is 11.7 Å². The van der Waals surface area contributed by atoms with Gasteiger partial charge >= 0.3 is 0 Å². The van der Waals surface area contributed by atoms with Crippen molar-refractivity contribution in [2.45, 2.75) is 32.5 Å². The number of hydrogen-bond acceptors (Lipinski definition) is 4. The van der Waals surface area contributed by atoms with Gasteiger partial charge in [-0.05, 0) is 20.8 Å². The van der Waals surface area contributed by atoms with Crippen LogP contribution in [0.2, 0.25) is 0 Å². The van der Waals surface area contributed by atoms with Crippen molar-refractivity contribution in [3.05, 3.63) is 11.6 Å². The molecule has 5 nitrogen and oxygen atoms in total. The van der Waals surface area contributed by atoms with Gasteiger partial charge in [0.25, 0.3) is 0 Å². The lowest BCUT2D eigenvalue weighted by Gasteiger charge is -2.18. The van der Waals surface area contributed by atoms with Crippen LogP contribution in [0.4, 0.5) is 0 Å². The normalized spacial score (nSPS) is 14.5. The number of H-pyrrole nitrogens is 1. The van der Waals surface area contributed by atoms with E-state index in [9.17, 15) is 5.11 Å². The minimum atomic E-state index is -0.631. The highest BCUT2D eigenvalue weighted by Crippen LogP contribution is 2.20. The first-order chi connectivity index (χ1) is 5.97. The van der Waals surface area contributed by atoms with E-state index >= 15 is 0 Å². The summed E-state index contributed by atoms with van der Waals surface area (Å²) in [6, 6.07) is 0. The molecule has 0 fully saturated rings. The molecule has 0 aromatic carbocycles. The molecule has 5 heteroatoms. The highest BCUT2D eigenvalue weighted by molar-refractivity contribution is 5.00. The van der Waals surface area contributed by atoms with E-state index in [1.54, 1.807) is 14.0 Å². The second-order valence-corrected chi connectivity index (χ2v) is 3.43. The lowest BCUT2D eigenvalue weighted by Crippen LogP contribution is -2.21. The first kappa shape index (κ1) is 10.1. The van der Waals surface area contributed by atoms with E-state index in [0.29, 0.717) is 11.6 Å². The molecule has 0 saturated heterocycles.